The summed E-state index contributed by atoms with van der Waals surface area (Å²) in [5.41, 5.74) is 0.664. The van der Waals surface area contributed by atoms with Crippen LogP contribution >= 0.6 is 11.6 Å². The minimum Gasteiger partial charge on any atom is -0.497 e. The molecule has 196 valence electrons. The second-order valence-corrected chi connectivity index (χ2v) is 10.8. The molecule has 4 rings (SSSR count). The molecule has 1 amide bonds. The van der Waals surface area contributed by atoms with Gasteiger partial charge in [-0.25, -0.2) is 0 Å². The summed E-state index contributed by atoms with van der Waals surface area (Å²) in [6.45, 7) is 3.46. The van der Waals surface area contributed by atoms with Crippen molar-refractivity contribution in [1.82, 2.24) is 10.2 Å². The highest BCUT2D eigenvalue weighted by Crippen LogP contribution is 2.32. The Hall–Kier alpha value is -3.27. The molecular formula is C27H30ClN3O5S. The van der Waals surface area contributed by atoms with Gasteiger partial charge in [0.1, 0.15) is 5.75 Å². The third-order valence-electron chi connectivity index (χ3n) is 6.08. The fourth-order valence-electron chi connectivity index (χ4n) is 4.05. The van der Waals surface area contributed by atoms with Crippen LogP contribution in [-0.2, 0) is 10.0 Å². The van der Waals surface area contributed by atoms with Crippen molar-refractivity contribution in [3.8, 4) is 11.5 Å². The van der Waals surface area contributed by atoms with Crippen LogP contribution in [0.2, 0.25) is 5.02 Å². The average Bonchev–Trinajstić information content (AvgIpc) is 2.93. The monoisotopic (exact) mass is 543 g/mol. The van der Waals surface area contributed by atoms with Gasteiger partial charge >= 0.3 is 0 Å². The van der Waals surface area contributed by atoms with E-state index in [4.69, 9.17) is 21.2 Å². The normalized spacial score (nSPS) is 14.1. The van der Waals surface area contributed by atoms with E-state index in [0.29, 0.717) is 17.9 Å². The lowest BCUT2D eigenvalue weighted by atomic mass is 10.1. The summed E-state index contributed by atoms with van der Waals surface area (Å²) in [6.07, 6.45) is 3.65. The van der Waals surface area contributed by atoms with Crippen LogP contribution in [-0.4, -0.2) is 52.5 Å². The lowest BCUT2D eigenvalue weighted by Crippen LogP contribution is -2.37. The molecular weight excluding hydrogens is 514 g/mol. The zero-order valence-corrected chi connectivity index (χ0v) is 22.2. The summed E-state index contributed by atoms with van der Waals surface area (Å²) in [5, 5.41) is 3.10. The van der Waals surface area contributed by atoms with Gasteiger partial charge in [-0.2, -0.15) is 8.42 Å². The molecule has 0 aromatic heterocycles. The van der Waals surface area contributed by atoms with Crippen molar-refractivity contribution in [2.75, 3.05) is 37.8 Å². The second-order valence-electron chi connectivity index (χ2n) is 8.64. The van der Waals surface area contributed by atoms with Gasteiger partial charge in [-0.15, -0.1) is 0 Å². The van der Waals surface area contributed by atoms with Gasteiger partial charge in [-0.05, 0) is 74.5 Å². The fourth-order valence-corrected chi connectivity index (χ4v) is 5.50. The third-order valence-corrected chi connectivity index (χ3v) is 7.97. The molecule has 0 radical (unpaired) electrons. The van der Waals surface area contributed by atoms with E-state index in [1.54, 1.807) is 36.4 Å². The molecule has 1 aliphatic heterocycles. The Morgan fingerprint density at radius 2 is 1.70 bits per heavy atom. The molecule has 3 aromatic rings. The Morgan fingerprint density at radius 3 is 2.35 bits per heavy atom. The number of amides is 1. The number of sulfonamides is 1. The molecule has 0 atom stereocenters. The number of methoxy groups -OCH3 is 1. The SMILES string of the molecule is COc1ccc(ON(c2ccccc2)S(=O)(=O)c2ccc(C(=O)NCCN3CCCCC3)cc2)c(Cl)c1. The van der Waals surface area contributed by atoms with Crippen LogP contribution in [0, 0.1) is 0 Å². The highest BCUT2D eigenvalue weighted by molar-refractivity contribution is 7.92. The molecule has 1 heterocycles. The van der Waals surface area contributed by atoms with Crippen molar-refractivity contribution < 1.29 is 22.8 Å². The number of rotatable bonds is 10. The van der Waals surface area contributed by atoms with E-state index < -0.39 is 10.0 Å². The number of likely N-dealkylation sites (tertiary alicyclic amines) is 1. The van der Waals surface area contributed by atoms with E-state index in [1.807, 2.05) is 0 Å². The van der Waals surface area contributed by atoms with Gasteiger partial charge in [0.15, 0.2) is 5.75 Å². The molecule has 1 saturated heterocycles. The van der Waals surface area contributed by atoms with Gasteiger partial charge < -0.3 is 19.8 Å². The predicted octanol–water partition coefficient (Wildman–Crippen LogP) is 4.75. The first-order chi connectivity index (χ1) is 17.9. The Morgan fingerprint density at radius 1 is 1.00 bits per heavy atom. The highest BCUT2D eigenvalue weighted by Gasteiger charge is 2.28. The number of anilines is 1. The first-order valence-electron chi connectivity index (χ1n) is 12.1. The molecule has 1 fully saturated rings. The van der Waals surface area contributed by atoms with E-state index in [2.05, 4.69) is 10.2 Å². The highest BCUT2D eigenvalue weighted by atomic mass is 35.5. The minimum absolute atomic E-state index is 0.0362. The lowest BCUT2D eigenvalue weighted by Gasteiger charge is -2.26. The number of carbonyl (C=O) groups excluding carboxylic acids is 1. The van der Waals surface area contributed by atoms with Gasteiger partial charge in [0, 0.05) is 24.7 Å². The standard InChI is InChI=1S/C27H30ClN3O5S/c1-35-23-12-15-26(25(28)20-23)36-31(22-8-4-2-5-9-22)37(33,34)24-13-10-21(11-14-24)27(32)29-16-19-30-17-6-3-7-18-30/h2,4-5,8-15,20H,3,6-7,16-19H2,1H3,(H,29,32). The van der Waals surface area contributed by atoms with Crippen LogP contribution in [0.3, 0.4) is 0 Å². The van der Waals surface area contributed by atoms with Crippen molar-refractivity contribution in [1.29, 1.82) is 0 Å². The number of nitrogens with one attached hydrogen (secondary N) is 1. The molecule has 37 heavy (non-hydrogen) atoms. The second kappa shape index (κ2) is 12.3. The zero-order valence-electron chi connectivity index (χ0n) is 20.6. The lowest BCUT2D eigenvalue weighted by molar-refractivity contribution is 0.0946. The number of halogens is 1. The summed E-state index contributed by atoms with van der Waals surface area (Å²) in [4.78, 5) is 20.7. The Kier molecular flexibility index (Phi) is 8.91. The molecule has 8 nitrogen and oxygen atoms in total. The molecule has 0 spiro atoms. The van der Waals surface area contributed by atoms with E-state index in [9.17, 15) is 13.2 Å². The number of hydrogen-bond donors (Lipinski definition) is 1. The Labute approximate surface area is 222 Å². The van der Waals surface area contributed by atoms with Crippen molar-refractivity contribution in [2.45, 2.75) is 24.2 Å². The maximum absolute atomic E-state index is 13.6. The van der Waals surface area contributed by atoms with Crippen LogP contribution in [0.25, 0.3) is 0 Å². The van der Waals surface area contributed by atoms with Gasteiger partial charge in [-0.3, -0.25) is 4.79 Å². The summed E-state index contributed by atoms with van der Waals surface area (Å²) >= 11 is 6.31. The van der Waals surface area contributed by atoms with Crippen LogP contribution in [0.1, 0.15) is 29.6 Å². The summed E-state index contributed by atoms with van der Waals surface area (Å²) < 4.78 is 33.2. The molecule has 1 aliphatic rings. The number of para-hydroxylation sites is 1. The number of carbonyl (C=O) groups is 1. The zero-order chi connectivity index (χ0) is 26.3. The predicted molar refractivity (Wildman–Crippen MR) is 144 cm³/mol. The molecule has 3 aromatic carbocycles. The molecule has 10 heteroatoms. The van der Waals surface area contributed by atoms with Crippen LogP contribution in [0.15, 0.2) is 77.7 Å². The molecule has 0 saturated carbocycles. The van der Waals surface area contributed by atoms with Crippen LogP contribution in [0.4, 0.5) is 5.69 Å². The minimum atomic E-state index is -4.18. The number of piperidine rings is 1. The van der Waals surface area contributed by atoms with Crippen molar-refractivity contribution in [2.24, 2.45) is 0 Å². The van der Waals surface area contributed by atoms with E-state index >= 15 is 0 Å². The van der Waals surface area contributed by atoms with Gasteiger partial charge in [0.25, 0.3) is 15.9 Å². The molecule has 0 unspecified atom stereocenters. The van der Waals surface area contributed by atoms with Gasteiger partial charge in [0.05, 0.1) is 22.7 Å². The van der Waals surface area contributed by atoms with E-state index in [0.717, 1.165) is 24.1 Å². The quantitative estimate of drug-likeness (QED) is 0.371. The van der Waals surface area contributed by atoms with E-state index in [-0.39, 0.29) is 27.3 Å². The smallest absolute Gasteiger partial charge is 0.295 e. The van der Waals surface area contributed by atoms with Gasteiger partial charge in [-0.1, -0.05) is 40.7 Å². The fraction of sp³-hybridized carbons (Fsp3) is 0.296. The number of hydrogen-bond acceptors (Lipinski definition) is 6. The Bertz CT molecular complexity index is 1300. The maximum atomic E-state index is 13.6. The van der Waals surface area contributed by atoms with Gasteiger partial charge in [0.2, 0.25) is 0 Å². The maximum Gasteiger partial charge on any atom is 0.295 e. The average molecular weight is 544 g/mol. The number of ether oxygens (including phenoxy) is 1. The molecule has 0 bridgehead atoms. The summed E-state index contributed by atoms with van der Waals surface area (Å²) in [5.74, 6) is 0.401. The van der Waals surface area contributed by atoms with Crippen LogP contribution < -0.4 is 19.4 Å². The third kappa shape index (κ3) is 6.74. The van der Waals surface area contributed by atoms with Crippen LogP contribution in [0.5, 0.6) is 11.5 Å². The Balaban J connectivity index is 1.50. The van der Waals surface area contributed by atoms with Crippen molar-refractivity contribution in [3.63, 3.8) is 0 Å². The number of nitrogens with zero attached hydrogens (tertiary/aromatic N) is 2. The van der Waals surface area contributed by atoms with Crippen molar-refractivity contribution >= 4 is 33.2 Å². The van der Waals surface area contributed by atoms with Crippen molar-refractivity contribution in [3.05, 3.63) is 83.4 Å². The first kappa shape index (κ1) is 26.8. The van der Waals surface area contributed by atoms with E-state index in [1.165, 1.54) is 62.8 Å². The number of benzene rings is 3. The largest absolute Gasteiger partial charge is 0.497 e. The summed E-state index contributed by atoms with van der Waals surface area (Å²) in [7, 11) is -2.67. The molecule has 1 N–H and O–H groups in total. The molecule has 0 aliphatic carbocycles. The topological polar surface area (TPSA) is 88.2 Å². The first-order valence-corrected chi connectivity index (χ1v) is 13.9. The summed E-state index contributed by atoms with van der Waals surface area (Å²) in [6, 6.07) is 18.9.